The van der Waals surface area contributed by atoms with Gasteiger partial charge in [-0.1, -0.05) is 79.2 Å². The van der Waals surface area contributed by atoms with Crippen LogP contribution in [0.2, 0.25) is 0 Å². The molecule has 0 unspecified atom stereocenters. The van der Waals surface area contributed by atoms with Crippen LogP contribution in [0.15, 0.2) is 108 Å². The number of benzene rings is 4. The van der Waals surface area contributed by atoms with Crippen molar-refractivity contribution in [2.24, 2.45) is 5.92 Å². The van der Waals surface area contributed by atoms with Gasteiger partial charge in [-0.05, 0) is 110 Å². The van der Waals surface area contributed by atoms with Gasteiger partial charge in [-0.25, -0.2) is 0 Å². The number of aliphatic hydroxyl groups is 1. The summed E-state index contributed by atoms with van der Waals surface area (Å²) >= 11 is 0. The maximum Gasteiger partial charge on any atom is 0.248 e. The van der Waals surface area contributed by atoms with Gasteiger partial charge < -0.3 is 30.2 Å². The van der Waals surface area contributed by atoms with Crippen LogP contribution in [-0.4, -0.2) is 58.9 Å². The molecule has 52 heavy (non-hydrogen) atoms. The van der Waals surface area contributed by atoms with Crippen molar-refractivity contribution in [2.45, 2.75) is 63.4 Å². The minimum absolute atomic E-state index is 0.00733. The highest BCUT2D eigenvalue weighted by Crippen LogP contribution is 2.32. The third kappa shape index (κ3) is 9.10. The molecule has 272 valence electrons. The van der Waals surface area contributed by atoms with Crippen LogP contribution >= 0.6 is 0 Å². The molecule has 5 aromatic rings. The summed E-state index contributed by atoms with van der Waals surface area (Å²) in [5, 5.41) is 24.8. The molecule has 0 amide bonds. The number of piperidine rings is 3. The molecular formula is C43H50N4O5. The number of aliphatic hydroxyl groups excluding tert-OH is 1. The molecule has 0 radical (unpaired) electrons. The number of pyridine rings is 1. The van der Waals surface area contributed by atoms with Crippen molar-refractivity contribution in [3.63, 3.8) is 0 Å². The smallest absolute Gasteiger partial charge is 0.248 e. The number of phenolic OH excluding ortho intramolecular Hbond substituents is 1. The van der Waals surface area contributed by atoms with Gasteiger partial charge in [0, 0.05) is 24.5 Å². The van der Waals surface area contributed by atoms with E-state index in [9.17, 15) is 15.0 Å². The summed E-state index contributed by atoms with van der Waals surface area (Å²) < 4.78 is 6.28. The Labute approximate surface area is 305 Å². The Bertz CT molecular complexity index is 1940. The first-order valence-corrected chi connectivity index (χ1v) is 18.7. The Kier molecular flexibility index (Phi) is 12.0. The van der Waals surface area contributed by atoms with Gasteiger partial charge in [0.2, 0.25) is 5.56 Å². The number of aromatic amines is 1. The lowest BCUT2D eigenvalue weighted by Gasteiger charge is -2.44. The van der Waals surface area contributed by atoms with E-state index in [1.54, 1.807) is 12.1 Å². The number of aromatic hydroxyl groups is 1. The number of unbranched alkanes of at least 4 members (excludes halogenated alkanes) is 2. The molecular weight excluding hydrogens is 652 g/mol. The molecule has 0 aliphatic carbocycles. The number of nitrogens with one attached hydrogen (secondary N) is 3. The monoisotopic (exact) mass is 702 g/mol. The van der Waals surface area contributed by atoms with E-state index in [0.717, 1.165) is 61.2 Å². The number of aromatic nitrogens is 1. The number of nitrogens with zero attached hydrogens (tertiary/aromatic N) is 1. The van der Waals surface area contributed by atoms with Crippen molar-refractivity contribution in [1.82, 2.24) is 20.7 Å². The predicted octanol–water partition coefficient (Wildman–Crippen LogP) is 6.55. The number of aryl methyl sites for hydroxylation is 1. The maximum atomic E-state index is 11.7. The first-order valence-electron chi connectivity index (χ1n) is 18.7. The number of H-pyrrole nitrogens is 1. The lowest BCUT2D eigenvalue weighted by Crippen LogP contribution is -2.53. The van der Waals surface area contributed by atoms with Crippen LogP contribution in [0.1, 0.15) is 72.1 Å². The summed E-state index contributed by atoms with van der Waals surface area (Å²) in [6.07, 6.45) is 6.09. The number of rotatable bonds is 17. The zero-order valence-electron chi connectivity index (χ0n) is 29.7. The van der Waals surface area contributed by atoms with Gasteiger partial charge in [0.25, 0.3) is 0 Å². The normalized spacial score (nSPS) is 19.4. The molecule has 1 aromatic heterocycles. The number of fused-ring (bicyclic) bond motifs is 4. The molecule has 3 fully saturated rings. The molecule has 3 atom stereocenters. The average molecular weight is 703 g/mol. The molecule has 3 aliphatic rings. The van der Waals surface area contributed by atoms with E-state index in [2.05, 4.69) is 87.4 Å². The second-order valence-corrected chi connectivity index (χ2v) is 14.2. The van der Waals surface area contributed by atoms with Crippen molar-refractivity contribution in [3.8, 4) is 11.5 Å². The molecule has 4 aromatic carbocycles. The van der Waals surface area contributed by atoms with Crippen LogP contribution < -0.4 is 21.1 Å². The Morgan fingerprint density at radius 1 is 0.846 bits per heavy atom. The van der Waals surface area contributed by atoms with E-state index in [-0.39, 0.29) is 23.5 Å². The number of ether oxygens (including phenoxy) is 1. The summed E-state index contributed by atoms with van der Waals surface area (Å²) in [4.78, 5) is 23.2. The fourth-order valence-corrected chi connectivity index (χ4v) is 7.58. The number of hydrogen-bond donors (Lipinski definition) is 5. The van der Waals surface area contributed by atoms with E-state index < -0.39 is 6.10 Å². The molecule has 9 nitrogen and oxygen atoms in total. The lowest BCUT2D eigenvalue weighted by molar-refractivity contribution is -0.119. The zero-order chi connectivity index (χ0) is 35.7. The van der Waals surface area contributed by atoms with Gasteiger partial charge in [-0.15, -0.1) is 0 Å². The average Bonchev–Trinajstić information content (AvgIpc) is 3.18. The SMILES string of the molecule is O=c1ccc2c([C@@H](O)CNCCCCCc3ccc(COc4cccc([C@@H](NO[C@H]5CN6CCC5CC6)c5ccccc5)c4)cc3)ccc(O)c2[nH]1. The van der Waals surface area contributed by atoms with Crippen molar-refractivity contribution in [2.75, 3.05) is 32.7 Å². The fourth-order valence-electron chi connectivity index (χ4n) is 7.58. The Morgan fingerprint density at radius 3 is 2.42 bits per heavy atom. The quantitative estimate of drug-likeness (QED) is 0.0547. The molecule has 3 saturated heterocycles. The topological polar surface area (TPSA) is 119 Å². The highest BCUT2D eigenvalue weighted by molar-refractivity contribution is 5.87. The van der Waals surface area contributed by atoms with Crippen molar-refractivity contribution >= 4 is 10.9 Å². The number of hydroxylamine groups is 1. The first-order chi connectivity index (χ1) is 25.5. The molecule has 0 saturated carbocycles. The van der Waals surface area contributed by atoms with Crippen molar-refractivity contribution in [3.05, 3.63) is 141 Å². The van der Waals surface area contributed by atoms with Crippen LogP contribution in [0.5, 0.6) is 11.5 Å². The largest absolute Gasteiger partial charge is 0.506 e. The maximum absolute atomic E-state index is 11.7. The number of hydrogen-bond acceptors (Lipinski definition) is 8. The van der Waals surface area contributed by atoms with Crippen LogP contribution in [-0.2, 0) is 17.9 Å². The number of phenols is 1. The van der Waals surface area contributed by atoms with E-state index in [0.29, 0.717) is 35.5 Å². The molecule has 5 N–H and O–H groups in total. The second kappa shape index (κ2) is 17.3. The predicted molar refractivity (Wildman–Crippen MR) is 204 cm³/mol. The first kappa shape index (κ1) is 35.9. The standard InChI is InChI=1S/C43H50N4O5/c48-38-19-17-36(37-18-20-41(50)45-43(37)38)39(49)27-44-23-6-2-3-8-30-13-15-31(16-14-30)29-51-35-12-7-11-34(26-35)42(33-9-4-1-5-10-33)46-52-40-28-47-24-21-32(40)22-25-47/h1,4-5,7,9-20,26,32,39-40,42,44,46,48-49H,2-3,6,8,21-25,27-29H2,(H,45,50)/t39-,40-,42-/m0/s1. The summed E-state index contributed by atoms with van der Waals surface area (Å²) in [5.74, 6) is 1.45. The third-order valence-corrected chi connectivity index (χ3v) is 10.6. The lowest BCUT2D eigenvalue weighted by atomic mass is 9.86. The van der Waals surface area contributed by atoms with E-state index in [4.69, 9.17) is 9.57 Å². The highest BCUT2D eigenvalue weighted by Gasteiger charge is 2.35. The second-order valence-electron chi connectivity index (χ2n) is 14.2. The summed E-state index contributed by atoms with van der Waals surface area (Å²) in [7, 11) is 0. The molecule has 9 heteroatoms. The van der Waals surface area contributed by atoms with Gasteiger partial charge in [-0.3, -0.25) is 9.63 Å². The molecule has 3 aliphatic heterocycles. The minimum atomic E-state index is -0.747. The fraction of sp³-hybridized carbons (Fsp3) is 0.372. The minimum Gasteiger partial charge on any atom is -0.506 e. The van der Waals surface area contributed by atoms with Crippen molar-refractivity contribution in [1.29, 1.82) is 0 Å². The molecule has 2 bridgehead atoms. The van der Waals surface area contributed by atoms with Gasteiger partial charge in [0.1, 0.15) is 18.1 Å². The van der Waals surface area contributed by atoms with E-state index in [1.807, 2.05) is 12.1 Å². The molecule has 8 rings (SSSR count). The Morgan fingerprint density at radius 2 is 1.63 bits per heavy atom. The van der Waals surface area contributed by atoms with E-state index in [1.165, 1.54) is 43.6 Å². The van der Waals surface area contributed by atoms with Gasteiger partial charge in [-0.2, -0.15) is 5.48 Å². The summed E-state index contributed by atoms with van der Waals surface area (Å²) in [6, 6.07) is 33.6. The van der Waals surface area contributed by atoms with Crippen LogP contribution in [0.4, 0.5) is 0 Å². The van der Waals surface area contributed by atoms with Crippen LogP contribution in [0.3, 0.4) is 0 Å². The van der Waals surface area contributed by atoms with Crippen LogP contribution in [0.25, 0.3) is 10.9 Å². The summed E-state index contributed by atoms with van der Waals surface area (Å²) in [5.41, 5.74) is 8.89. The van der Waals surface area contributed by atoms with Gasteiger partial charge >= 0.3 is 0 Å². The van der Waals surface area contributed by atoms with Crippen molar-refractivity contribution < 1.29 is 19.8 Å². The zero-order valence-corrected chi connectivity index (χ0v) is 29.7. The van der Waals surface area contributed by atoms with E-state index >= 15 is 0 Å². The molecule has 4 heterocycles. The summed E-state index contributed by atoms with van der Waals surface area (Å²) in [6.45, 7) is 5.08. The van der Waals surface area contributed by atoms with Gasteiger partial charge in [0.05, 0.1) is 23.8 Å². The van der Waals surface area contributed by atoms with Gasteiger partial charge in [0.15, 0.2) is 0 Å². The Balaban J connectivity index is 0.839. The highest BCUT2D eigenvalue weighted by atomic mass is 16.7. The van der Waals surface area contributed by atoms with Crippen LogP contribution in [0, 0.1) is 5.92 Å². The Hall–Kier alpha value is -4.51. The third-order valence-electron chi connectivity index (χ3n) is 10.6. The molecule has 0 spiro atoms.